The monoisotopic (exact) mass is 277 g/mol. The molecule has 1 aliphatic heterocycles. The standard InChI is InChI=1S/C16H27N3O/c1-12(2)9-19-8-7-15(11-20)18(4)16-14(10-19)6-5-13(3)17-16/h5-6,12,15,20H,7-11H2,1-4H3. The van der Waals surface area contributed by atoms with E-state index in [4.69, 9.17) is 4.98 Å². The number of aromatic nitrogens is 1. The average Bonchev–Trinajstić information content (AvgIpc) is 2.38. The highest BCUT2D eigenvalue weighted by molar-refractivity contribution is 5.48. The molecular weight excluding hydrogens is 250 g/mol. The van der Waals surface area contributed by atoms with E-state index in [0.29, 0.717) is 5.92 Å². The molecule has 0 saturated heterocycles. The van der Waals surface area contributed by atoms with Crippen LogP contribution in [0.15, 0.2) is 12.1 Å². The molecule has 2 rings (SSSR count). The van der Waals surface area contributed by atoms with Crippen LogP contribution < -0.4 is 4.90 Å². The van der Waals surface area contributed by atoms with E-state index in [-0.39, 0.29) is 12.6 Å². The third kappa shape index (κ3) is 3.49. The van der Waals surface area contributed by atoms with Gasteiger partial charge in [0.25, 0.3) is 0 Å². The largest absolute Gasteiger partial charge is 0.394 e. The van der Waals surface area contributed by atoms with Gasteiger partial charge in [-0.1, -0.05) is 19.9 Å². The van der Waals surface area contributed by atoms with E-state index >= 15 is 0 Å². The second kappa shape index (κ2) is 6.55. The Morgan fingerprint density at radius 3 is 2.80 bits per heavy atom. The second-order valence-electron chi connectivity index (χ2n) is 6.30. The molecule has 112 valence electrons. The van der Waals surface area contributed by atoms with Gasteiger partial charge < -0.3 is 10.0 Å². The molecule has 1 N–H and O–H groups in total. The molecule has 20 heavy (non-hydrogen) atoms. The Balaban J connectivity index is 2.32. The average molecular weight is 277 g/mol. The fourth-order valence-electron chi connectivity index (χ4n) is 2.90. The molecule has 1 atom stereocenters. The van der Waals surface area contributed by atoms with E-state index in [0.717, 1.165) is 37.6 Å². The first-order chi connectivity index (χ1) is 9.51. The SMILES string of the molecule is Cc1ccc2c(n1)N(C)C(CO)CCN(CC(C)C)C2. The van der Waals surface area contributed by atoms with Gasteiger partial charge >= 0.3 is 0 Å². The van der Waals surface area contributed by atoms with Crippen LogP contribution in [-0.2, 0) is 6.54 Å². The van der Waals surface area contributed by atoms with Gasteiger partial charge in [-0.2, -0.15) is 0 Å². The van der Waals surface area contributed by atoms with E-state index in [9.17, 15) is 5.11 Å². The van der Waals surface area contributed by atoms with Gasteiger partial charge in [-0.25, -0.2) is 4.98 Å². The maximum atomic E-state index is 9.65. The van der Waals surface area contributed by atoms with Crippen LogP contribution in [0.1, 0.15) is 31.5 Å². The van der Waals surface area contributed by atoms with Gasteiger partial charge in [0.15, 0.2) is 0 Å². The first-order valence-corrected chi connectivity index (χ1v) is 7.53. The van der Waals surface area contributed by atoms with E-state index in [1.165, 1.54) is 5.56 Å². The summed E-state index contributed by atoms with van der Waals surface area (Å²) in [5, 5.41) is 9.65. The van der Waals surface area contributed by atoms with Gasteiger partial charge in [-0.3, -0.25) is 4.90 Å². The number of aliphatic hydroxyl groups excluding tert-OH is 1. The third-order valence-corrected chi connectivity index (χ3v) is 3.98. The van der Waals surface area contributed by atoms with E-state index in [1.54, 1.807) is 0 Å². The number of rotatable bonds is 3. The lowest BCUT2D eigenvalue weighted by Crippen LogP contribution is -2.42. The highest BCUT2D eigenvalue weighted by atomic mass is 16.3. The smallest absolute Gasteiger partial charge is 0.133 e. The Labute approximate surface area is 122 Å². The molecule has 0 amide bonds. The Hall–Kier alpha value is -1.13. The molecule has 0 spiro atoms. The van der Waals surface area contributed by atoms with Crippen molar-refractivity contribution >= 4 is 5.82 Å². The number of hydrogen-bond acceptors (Lipinski definition) is 4. The number of anilines is 1. The molecule has 2 heterocycles. The molecule has 1 aromatic heterocycles. The highest BCUT2D eigenvalue weighted by Crippen LogP contribution is 2.25. The Kier molecular flexibility index (Phi) is 5.00. The van der Waals surface area contributed by atoms with Gasteiger partial charge in [0.1, 0.15) is 5.82 Å². The summed E-state index contributed by atoms with van der Waals surface area (Å²) < 4.78 is 0. The van der Waals surface area contributed by atoms with Crippen LogP contribution in [0.3, 0.4) is 0 Å². The molecule has 4 nitrogen and oxygen atoms in total. The number of aryl methyl sites for hydroxylation is 1. The van der Waals surface area contributed by atoms with Crippen molar-refractivity contribution in [3.05, 3.63) is 23.4 Å². The summed E-state index contributed by atoms with van der Waals surface area (Å²) in [6, 6.07) is 4.41. The third-order valence-electron chi connectivity index (χ3n) is 3.98. The lowest BCUT2D eigenvalue weighted by Gasteiger charge is -2.36. The van der Waals surface area contributed by atoms with Crippen molar-refractivity contribution in [1.82, 2.24) is 9.88 Å². The van der Waals surface area contributed by atoms with Crippen molar-refractivity contribution in [2.45, 2.75) is 39.8 Å². The lowest BCUT2D eigenvalue weighted by atomic mass is 10.1. The molecule has 4 heteroatoms. The molecule has 0 fully saturated rings. The summed E-state index contributed by atoms with van der Waals surface area (Å²) in [5.74, 6) is 1.68. The zero-order valence-electron chi connectivity index (χ0n) is 13.1. The number of aliphatic hydroxyl groups is 1. The van der Waals surface area contributed by atoms with Crippen LogP contribution >= 0.6 is 0 Å². The Bertz CT molecular complexity index is 447. The van der Waals surface area contributed by atoms with Crippen LogP contribution in [0, 0.1) is 12.8 Å². The minimum atomic E-state index is 0.151. The van der Waals surface area contributed by atoms with Crippen molar-refractivity contribution < 1.29 is 5.11 Å². The van der Waals surface area contributed by atoms with Crippen molar-refractivity contribution in [3.8, 4) is 0 Å². The quantitative estimate of drug-likeness (QED) is 0.918. The fraction of sp³-hybridized carbons (Fsp3) is 0.688. The molecule has 0 radical (unpaired) electrons. The van der Waals surface area contributed by atoms with Gasteiger partial charge in [-0.05, 0) is 25.3 Å². The van der Waals surface area contributed by atoms with Crippen LogP contribution in [-0.4, -0.2) is 47.8 Å². The number of pyridine rings is 1. The maximum Gasteiger partial charge on any atom is 0.133 e. The van der Waals surface area contributed by atoms with Crippen molar-refractivity contribution in [2.75, 3.05) is 31.6 Å². The zero-order chi connectivity index (χ0) is 14.7. The van der Waals surface area contributed by atoms with Gasteiger partial charge in [0, 0.05) is 37.9 Å². The molecule has 0 bridgehead atoms. The van der Waals surface area contributed by atoms with Crippen LogP contribution in [0.25, 0.3) is 0 Å². The molecule has 0 aromatic carbocycles. The van der Waals surface area contributed by atoms with E-state index in [2.05, 4.69) is 35.8 Å². The minimum absolute atomic E-state index is 0.151. The molecule has 1 unspecified atom stereocenters. The highest BCUT2D eigenvalue weighted by Gasteiger charge is 2.24. The molecule has 1 aliphatic rings. The zero-order valence-corrected chi connectivity index (χ0v) is 13.1. The minimum Gasteiger partial charge on any atom is -0.394 e. The first kappa shape index (κ1) is 15.3. The van der Waals surface area contributed by atoms with E-state index < -0.39 is 0 Å². The predicted molar refractivity (Wildman–Crippen MR) is 83.0 cm³/mol. The fourth-order valence-corrected chi connectivity index (χ4v) is 2.90. The molecule has 0 saturated carbocycles. The first-order valence-electron chi connectivity index (χ1n) is 7.53. The normalized spacial score (nSPS) is 20.7. The van der Waals surface area contributed by atoms with Gasteiger partial charge in [-0.15, -0.1) is 0 Å². The number of nitrogens with zero attached hydrogens (tertiary/aromatic N) is 3. The molecule has 0 aliphatic carbocycles. The van der Waals surface area contributed by atoms with Crippen molar-refractivity contribution in [2.24, 2.45) is 5.92 Å². The second-order valence-corrected chi connectivity index (χ2v) is 6.30. The summed E-state index contributed by atoms with van der Waals surface area (Å²) in [6.07, 6.45) is 0.981. The number of fused-ring (bicyclic) bond motifs is 1. The summed E-state index contributed by atoms with van der Waals surface area (Å²) in [7, 11) is 2.05. The summed E-state index contributed by atoms with van der Waals surface area (Å²) >= 11 is 0. The Morgan fingerprint density at radius 2 is 2.15 bits per heavy atom. The molecular formula is C16H27N3O. The summed E-state index contributed by atoms with van der Waals surface area (Å²) in [5.41, 5.74) is 2.29. The van der Waals surface area contributed by atoms with E-state index in [1.807, 2.05) is 14.0 Å². The topological polar surface area (TPSA) is 39.6 Å². The van der Waals surface area contributed by atoms with Gasteiger partial charge in [0.2, 0.25) is 0 Å². The number of likely N-dealkylation sites (N-methyl/N-ethyl adjacent to an activating group) is 1. The van der Waals surface area contributed by atoms with Crippen LogP contribution in [0.4, 0.5) is 5.82 Å². The van der Waals surface area contributed by atoms with Gasteiger partial charge in [0.05, 0.1) is 12.6 Å². The summed E-state index contributed by atoms with van der Waals surface area (Å²) in [4.78, 5) is 9.33. The lowest BCUT2D eigenvalue weighted by molar-refractivity contribution is 0.196. The van der Waals surface area contributed by atoms with Crippen LogP contribution in [0.2, 0.25) is 0 Å². The summed E-state index contributed by atoms with van der Waals surface area (Å²) in [6.45, 7) is 9.78. The van der Waals surface area contributed by atoms with Crippen molar-refractivity contribution in [3.63, 3.8) is 0 Å². The molecule has 1 aromatic rings. The maximum absolute atomic E-state index is 9.65. The van der Waals surface area contributed by atoms with Crippen molar-refractivity contribution in [1.29, 1.82) is 0 Å². The van der Waals surface area contributed by atoms with Crippen LogP contribution in [0.5, 0.6) is 0 Å². The Morgan fingerprint density at radius 1 is 1.40 bits per heavy atom. The number of hydrogen-bond donors (Lipinski definition) is 1. The predicted octanol–water partition coefficient (Wildman–Crippen LogP) is 2.05.